The summed E-state index contributed by atoms with van der Waals surface area (Å²) in [6, 6.07) is 0. The van der Waals surface area contributed by atoms with Gasteiger partial charge in [0.15, 0.2) is 5.69 Å². The van der Waals surface area contributed by atoms with Crippen LogP contribution in [0.5, 0.6) is 0 Å². The van der Waals surface area contributed by atoms with E-state index < -0.39 is 0 Å². The highest BCUT2D eigenvalue weighted by Crippen LogP contribution is 2.14. The maximum Gasteiger partial charge on any atom is 0.276 e. The molecule has 1 rings (SSSR count). The summed E-state index contributed by atoms with van der Waals surface area (Å²) in [7, 11) is 1.60. The average Bonchev–Trinajstić information content (AvgIpc) is 2.60. The zero-order chi connectivity index (χ0) is 12.1. The molecule has 1 amide bonds. The van der Waals surface area contributed by atoms with Crippen LogP contribution in [0.1, 0.15) is 23.1 Å². The number of rotatable bonds is 5. The SMILES string of the molecule is CCN(CCOC)C(=O)c1n[nH]c(C)c1N. The number of nitrogens with two attached hydrogens (primary N) is 1. The van der Waals surface area contributed by atoms with Crippen LogP contribution < -0.4 is 5.73 Å². The highest BCUT2D eigenvalue weighted by atomic mass is 16.5. The van der Waals surface area contributed by atoms with Gasteiger partial charge in [0.05, 0.1) is 18.0 Å². The highest BCUT2D eigenvalue weighted by molar-refractivity contribution is 5.97. The number of carbonyl (C=O) groups excluding carboxylic acids is 1. The minimum atomic E-state index is -0.165. The predicted octanol–water partition coefficient (Wildman–Crippen LogP) is 0.409. The molecule has 0 spiro atoms. The van der Waals surface area contributed by atoms with E-state index in [2.05, 4.69) is 10.2 Å². The Morgan fingerprint density at radius 1 is 1.62 bits per heavy atom. The number of hydrogen-bond acceptors (Lipinski definition) is 4. The number of likely N-dealkylation sites (N-methyl/N-ethyl adjacent to an activating group) is 1. The first-order chi connectivity index (χ1) is 7.61. The van der Waals surface area contributed by atoms with E-state index in [0.29, 0.717) is 31.1 Å². The van der Waals surface area contributed by atoms with Gasteiger partial charge in [-0.3, -0.25) is 9.89 Å². The number of nitrogens with one attached hydrogen (secondary N) is 1. The van der Waals surface area contributed by atoms with Crippen LogP contribution in [0.15, 0.2) is 0 Å². The molecule has 0 bridgehead atoms. The van der Waals surface area contributed by atoms with E-state index in [-0.39, 0.29) is 11.6 Å². The van der Waals surface area contributed by atoms with Crippen molar-refractivity contribution in [3.8, 4) is 0 Å². The second-order valence-electron chi connectivity index (χ2n) is 3.49. The Bertz CT molecular complexity index is 362. The van der Waals surface area contributed by atoms with E-state index in [1.807, 2.05) is 6.92 Å². The van der Waals surface area contributed by atoms with E-state index >= 15 is 0 Å². The molecule has 0 atom stereocenters. The second kappa shape index (κ2) is 5.50. The smallest absolute Gasteiger partial charge is 0.276 e. The maximum atomic E-state index is 12.0. The third-order valence-corrected chi connectivity index (χ3v) is 2.43. The normalized spacial score (nSPS) is 10.4. The number of nitrogens with zero attached hydrogens (tertiary/aromatic N) is 2. The van der Waals surface area contributed by atoms with Crippen molar-refractivity contribution in [2.24, 2.45) is 0 Å². The summed E-state index contributed by atoms with van der Waals surface area (Å²) in [6.07, 6.45) is 0. The molecule has 0 saturated carbocycles. The van der Waals surface area contributed by atoms with Crippen LogP contribution in [-0.2, 0) is 4.74 Å². The fourth-order valence-corrected chi connectivity index (χ4v) is 1.36. The van der Waals surface area contributed by atoms with Crippen LogP contribution in [0.25, 0.3) is 0 Å². The van der Waals surface area contributed by atoms with Crippen LogP contribution in [0.4, 0.5) is 5.69 Å². The van der Waals surface area contributed by atoms with Gasteiger partial charge in [-0.1, -0.05) is 0 Å². The van der Waals surface area contributed by atoms with Crippen LogP contribution in [0, 0.1) is 6.92 Å². The Labute approximate surface area is 94.8 Å². The molecule has 0 radical (unpaired) electrons. The molecule has 0 aliphatic heterocycles. The van der Waals surface area contributed by atoms with Gasteiger partial charge < -0.3 is 15.4 Å². The van der Waals surface area contributed by atoms with Gasteiger partial charge >= 0.3 is 0 Å². The van der Waals surface area contributed by atoms with Crippen molar-refractivity contribution in [3.63, 3.8) is 0 Å². The molecule has 6 heteroatoms. The number of aryl methyl sites for hydroxylation is 1. The van der Waals surface area contributed by atoms with Crippen molar-refractivity contribution < 1.29 is 9.53 Å². The van der Waals surface area contributed by atoms with E-state index in [4.69, 9.17) is 10.5 Å². The third-order valence-electron chi connectivity index (χ3n) is 2.43. The quantitative estimate of drug-likeness (QED) is 0.761. The van der Waals surface area contributed by atoms with Crippen LogP contribution >= 0.6 is 0 Å². The average molecular weight is 226 g/mol. The molecule has 90 valence electrons. The molecule has 6 nitrogen and oxygen atoms in total. The van der Waals surface area contributed by atoms with E-state index in [1.54, 1.807) is 18.9 Å². The number of H-pyrrole nitrogens is 1. The van der Waals surface area contributed by atoms with Crippen LogP contribution in [-0.4, -0.2) is 47.8 Å². The van der Waals surface area contributed by atoms with Crippen LogP contribution in [0.3, 0.4) is 0 Å². The summed E-state index contributed by atoms with van der Waals surface area (Å²) in [6.45, 7) is 5.33. The number of carbonyl (C=O) groups is 1. The van der Waals surface area contributed by atoms with Crippen molar-refractivity contribution in [2.75, 3.05) is 32.5 Å². The van der Waals surface area contributed by atoms with Gasteiger partial charge in [-0.05, 0) is 13.8 Å². The first kappa shape index (κ1) is 12.5. The monoisotopic (exact) mass is 226 g/mol. The minimum absolute atomic E-state index is 0.165. The molecule has 1 aromatic rings. The van der Waals surface area contributed by atoms with Gasteiger partial charge in [0, 0.05) is 20.2 Å². The lowest BCUT2D eigenvalue weighted by atomic mass is 10.2. The zero-order valence-electron chi connectivity index (χ0n) is 9.91. The summed E-state index contributed by atoms with van der Waals surface area (Å²) in [5, 5.41) is 6.61. The summed E-state index contributed by atoms with van der Waals surface area (Å²) in [5.74, 6) is -0.165. The fraction of sp³-hybridized carbons (Fsp3) is 0.600. The summed E-state index contributed by atoms with van der Waals surface area (Å²) < 4.78 is 4.94. The Morgan fingerprint density at radius 2 is 2.31 bits per heavy atom. The molecule has 1 heterocycles. The van der Waals surface area contributed by atoms with Crippen molar-refractivity contribution >= 4 is 11.6 Å². The van der Waals surface area contributed by atoms with Crippen molar-refractivity contribution in [1.29, 1.82) is 0 Å². The van der Waals surface area contributed by atoms with Crippen LogP contribution in [0.2, 0.25) is 0 Å². The lowest BCUT2D eigenvalue weighted by Crippen LogP contribution is -2.34. The number of nitrogen functional groups attached to an aromatic ring is 1. The number of methoxy groups -OCH3 is 1. The number of amides is 1. The summed E-state index contributed by atoms with van der Waals surface area (Å²) in [4.78, 5) is 13.7. The first-order valence-electron chi connectivity index (χ1n) is 5.20. The molecule has 3 N–H and O–H groups in total. The van der Waals surface area contributed by atoms with Gasteiger partial charge in [-0.25, -0.2) is 0 Å². The molecule has 0 unspecified atom stereocenters. The van der Waals surface area contributed by atoms with Gasteiger partial charge in [0.1, 0.15) is 0 Å². The van der Waals surface area contributed by atoms with Crippen molar-refractivity contribution in [1.82, 2.24) is 15.1 Å². The number of aromatic nitrogens is 2. The Morgan fingerprint density at radius 3 is 2.75 bits per heavy atom. The van der Waals surface area contributed by atoms with E-state index in [0.717, 1.165) is 0 Å². The number of hydrogen-bond donors (Lipinski definition) is 2. The lowest BCUT2D eigenvalue weighted by Gasteiger charge is -2.19. The molecule has 0 aliphatic rings. The third kappa shape index (κ3) is 2.52. The molecule has 0 aliphatic carbocycles. The van der Waals surface area contributed by atoms with Crippen molar-refractivity contribution in [3.05, 3.63) is 11.4 Å². The molecule has 1 aromatic heterocycles. The number of ether oxygens (including phenoxy) is 1. The lowest BCUT2D eigenvalue weighted by molar-refractivity contribution is 0.0701. The molecule has 0 saturated heterocycles. The van der Waals surface area contributed by atoms with E-state index in [1.165, 1.54) is 0 Å². The Kier molecular flexibility index (Phi) is 4.30. The summed E-state index contributed by atoms with van der Waals surface area (Å²) >= 11 is 0. The van der Waals surface area contributed by atoms with E-state index in [9.17, 15) is 4.79 Å². The second-order valence-corrected chi connectivity index (χ2v) is 3.49. The Hall–Kier alpha value is -1.56. The fourth-order valence-electron chi connectivity index (χ4n) is 1.36. The topological polar surface area (TPSA) is 84.2 Å². The zero-order valence-corrected chi connectivity index (χ0v) is 9.91. The van der Waals surface area contributed by atoms with Gasteiger partial charge in [0.25, 0.3) is 5.91 Å². The van der Waals surface area contributed by atoms with Gasteiger partial charge in [-0.2, -0.15) is 5.10 Å². The first-order valence-corrected chi connectivity index (χ1v) is 5.20. The maximum absolute atomic E-state index is 12.0. The number of anilines is 1. The largest absolute Gasteiger partial charge is 0.395 e. The summed E-state index contributed by atoms with van der Waals surface area (Å²) in [5.41, 5.74) is 7.17. The molecule has 0 aromatic carbocycles. The minimum Gasteiger partial charge on any atom is -0.395 e. The Balaban J connectivity index is 2.79. The number of aromatic amines is 1. The van der Waals surface area contributed by atoms with Gasteiger partial charge in [0.2, 0.25) is 0 Å². The predicted molar refractivity (Wildman–Crippen MR) is 61.2 cm³/mol. The molecular formula is C10H18N4O2. The molecule has 0 fully saturated rings. The molecule has 16 heavy (non-hydrogen) atoms. The van der Waals surface area contributed by atoms with Crippen molar-refractivity contribution in [2.45, 2.75) is 13.8 Å². The van der Waals surface area contributed by atoms with Gasteiger partial charge in [-0.15, -0.1) is 0 Å². The highest BCUT2D eigenvalue weighted by Gasteiger charge is 2.20. The molecular weight excluding hydrogens is 208 g/mol. The standard InChI is InChI=1S/C10H18N4O2/c1-4-14(5-6-16-3)10(15)9-8(11)7(2)12-13-9/h4-6,11H2,1-3H3,(H,12,13).